The molecule has 0 fully saturated rings. The van der Waals surface area contributed by atoms with Gasteiger partial charge in [0.15, 0.2) is 0 Å². The van der Waals surface area contributed by atoms with Gasteiger partial charge in [-0.05, 0) is 24.3 Å². The molecule has 2 heterocycles. The molecule has 0 atom stereocenters. The van der Waals surface area contributed by atoms with E-state index in [0.717, 1.165) is 16.9 Å². The Balaban J connectivity index is 2.21. The van der Waals surface area contributed by atoms with E-state index in [1.807, 2.05) is 4.57 Å². The molecule has 0 aliphatic carbocycles. The van der Waals surface area contributed by atoms with Crippen molar-refractivity contribution in [3.05, 3.63) is 59.2 Å². The van der Waals surface area contributed by atoms with Crippen LogP contribution in [-0.2, 0) is 0 Å². The first kappa shape index (κ1) is 13.0. The summed E-state index contributed by atoms with van der Waals surface area (Å²) in [5, 5.41) is 1.18. The first-order chi connectivity index (χ1) is 9.66. The average molecular weight is 305 g/mol. The van der Waals surface area contributed by atoms with Crippen LogP contribution in [0.5, 0.6) is 0 Å². The number of nitrogens with zero attached hydrogens (tertiary/aromatic N) is 3. The maximum Gasteiger partial charge on any atom is 0.0997 e. The molecule has 1 aromatic carbocycles. The molecule has 4 nitrogen and oxygen atoms in total. The molecule has 0 aliphatic heterocycles. The summed E-state index contributed by atoms with van der Waals surface area (Å²) < 4.78 is 1.83. The molecule has 0 spiro atoms. The van der Waals surface area contributed by atoms with E-state index in [1.54, 1.807) is 49.2 Å². The summed E-state index contributed by atoms with van der Waals surface area (Å²) in [5.41, 5.74) is 8.95. The Morgan fingerprint density at radius 3 is 2.70 bits per heavy atom. The monoisotopic (exact) mass is 304 g/mol. The number of nitrogens with two attached hydrogens (primary N) is 1. The number of anilines is 1. The summed E-state index contributed by atoms with van der Waals surface area (Å²) in [5.74, 6) is 0. The van der Waals surface area contributed by atoms with Crippen molar-refractivity contribution >= 4 is 28.9 Å². The fourth-order valence-electron chi connectivity index (χ4n) is 1.98. The number of hydrogen-bond donors (Lipinski definition) is 1. The molecule has 100 valence electrons. The second-order valence-corrected chi connectivity index (χ2v) is 5.05. The number of rotatable bonds is 2. The van der Waals surface area contributed by atoms with E-state index in [0.29, 0.717) is 15.7 Å². The predicted octanol–water partition coefficient (Wildman–Crippen LogP) is 3.82. The third kappa shape index (κ3) is 2.24. The van der Waals surface area contributed by atoms with Gasteiger partial charge in [-0.25, -0.2) is 4.98 Å². The van der Waals surface area contributed by atoms with Crippen molar-refractivity contribution in [2.45, 2.75) is 0 Å². The summed E-state index contributed by atoms with van der Waals surface area (Å²) >= 11 is 12.3. The number of benzene rings is 1. The minimum absolute atomic E-state index is 0.580. The molecule has 2 aromatic heterocycles. The first-order valence-corrected chi connectivity index (χ1v) is 6.60. The highest BCUT2D eigenvalue weighted by molar-refractivity contribution is 6.34. The highest BCUT2D eigenvalue weighted by Gasteiger charge is 2.12. The number of aromatic nitrogens is 3. The average Bonchev–Trinajstić information content (AvgIpc) is 2.91. The van der Waals surface area contributed by atoms with Gasteiger partial charge in [0.2, 0.25) is 0 Å². The van der Waals surface area contributed by atoms with Crippen LogP contribution in [0, 0.1) is 0 Å². The second kappa shape index (κ2) is 5.15. The molecule has 3 aromatic rings. The van der Waals surface area contributed by atoms with Gasteiger partial charge in [0, 0.05) is 28.7 Å². The van der Waals surface area contributed by atoms with Crippen LogP contribution in [-0.4, -0.2) is 14.5 Å². The molecule has 0 amide bonds. The summed E-state index contributed by atoms with van der Waals surface area (Å²) in [6.45, 7) is 0. The van der Waals surface area contributed by atoms with Gasteiger partial charge in [-0.1, -0.05) is 23.2 Å². The Morgan fingerprint density at radius 1 is 1.05 bits per heavy atom. The van der Waals surface area contributed by atoms with Crippen molar-refractivity contribution < 1.29 is 0 Å². The van der Waals surface area contributed by atoms with Gasteiger partial charge in [0.25, 0.3) is 0 Å². The van der Waals surface area contributed by atoms with Gasteiger partial charge in [-0.15, -0.1) is 0 Å². The normalized spacial score (nSPS) is 10.7. The molecule has 0 saturated heterocycles. The smallest absolute Gasteiger partial charge is 0.0997 e. The topological polar surface area (TPSA) is 56.7 Å². The van der Waals surface area contributed by atoms with Crippen LogP contribution in [0.25, 0.3) is 16.9 Å². The second-order valence-electron chi connectivity index (χ2n) is 4.21. The zero-order valence-corrected chi connectivity index (χ0v) is 11.8. The van der Waals surface area contributed by atoms with Crippen molar-refractivity contribution in [3.8, 4) is 16.9 Å². The van der Waals surface area contributed by atoms with Crippen LogP contribution < -0.4 is 5.73 Å². The largest absolute Gasteiger partial charge is 0.398 e. The maximum atomic E-state index is 6.23. The molecule has 0 radical (unpaired) electrons. The molecule has 0 saturated carbocycles. The molecule has 6 heteroatoms. The fraction of sp³-hybridized carbons (Fsp3) is 0. The maximum absolute atomic E-state index is 6.23. The van der Waals surface area contributed by atoms with Gasteiger partial charge >= 0.3 is 0 Å². The van der Waals surface area contributed by atoms with Crippen molar-refractivity contribution in [3.63, 3.8) is 0 Å². The lowest BCUT2D eigenvalue weighted by Gasteiger charge is -2.11. The minimum Gasteiger partial charge on any atom is -0.398 e. The lowest BCUT2D eigenvalue weighted by atomic mass is 10.2. The molecule has 3 rings (SSSR count). The van der Waals surface area contributed by atoms with Crippen molar-refractivity contribution in [2.75, 3.05) is 5.73 Å². The molecule has 0 aliphatic rings. The molecular formula is C14H10Cl2N4. The third-order valence-corrected chi connectivity index (χ3v) is 3.49. The van der Waals surface area contributed by atoms with E-state index in [4.69, 9.17) is 28.9 Å². The Labute approximate surface area is 125 Å². The van der Waals surface area contributed by atoms with Crippen molar-refractivity contribution in [1.29, 1.82) is 0 Å². The zero-order chi connectivity index (χ0) is 14.1. The third-order valence-electron chi connectivity index (χ3n) is 2.94. The van der Waals surface area contributed by atoms with E-state index in [-0.39, 0.29) is 0 Å². The number of nitrogen functional groups attached to an aromatic ring is 1. The quantitative estimate of drug-likeness (QED) is 0.783. The molecule has 20 heavy (non-hydrogen) atoms. The number of imidazole rings is 1. The number of hydrogen-bond acceptors (Lipinski definition) is 3. The SMILES string of the molecule is Nc1ccncc1-c1cncn1-c1cc(Cl)ccc1Cl. The molecular weight excluding hydrogens is 295 g/mol. The minimum atomic E-state index is 0.580. The summed E-state index contributed by atoms with van der Waals surface area (Å²) in [7, 11) is 0. The van der Waals surface area contributed by atoms with Gasteiger partial charge in [0.05, 0.1) is 28.9 Å². The van der Waals surface area contributed by atoms with Gasteiger partial charge in [0.1, 0.15) is 0 Å². The molecule has 0 unspecified atom stereocenters. The Kier molecular flexibility index (Phi) is 3.34. The van der Waals surface area contributed by atoms with E-state index >= 15 is 0 Å². The molecule has 0 bridgehead atoms. The lowest BCUT2D eigenvalue weighted by Crippen LogP contribution is -1.99. The molecule has 2 N–H and O–H groups in total. The summed E-state index contributed by atoms with van der Waals surface area (Å²) in [4.78, 5) is 8.26. The van der Waals surface area contributed by atoms with Gasteiger partial charge in [-0.2, -0.15) is 0 Å². The Morgan fingerprint density at radius 2 is 1.90 bits per heavy atom. The predicted molar refractivity (Wildman–Crippen MR) is 81.2 cm³/mol. The number of pyridine rings is 1. The highest BCUT2D eigenvalue weighted by Crippen LogP contribution is 2.31. The van der Waals surface area contributed by atoms with Crippen LogP contribution >= 0.6 is 23.2 Å². The first-order valence-electron chi connectivity index (χ1n) is 5.84. The van der Waals surface area contributed by atoms with Crippen molar-refractivity contribution in [2.24, 2.45) is 0 Å². The summed E-state index contributed by atoms with van der Waals surface area (Å²) in [6, 6.07) is 7.01. The highest BCUT2D eigenvalue weighted by atomic mass is 35.5. The van der Waals surface area contributed by atoms with E-state index in [9.17, 15) is 0 Å². The Hall–Kier alpha value is -2.04. The standard InChI is InChI=1S/C14H10Cl2N4/c15-9-1-2-11(16)13(5-9)20-8-19-7-14(20)10-6-18-4-3-12(10)17/h1-8H,(H2,17,18). The zero-order valence-electron chi connectivity index (χ0n) is 10.3. The van der Waals surface area contributed by atoms with E-state index in [1.165, 1.54) is 0 Å². The fourth-order valence-corrected chi connectivity index (χ4v) is 2.35. The van der Waals surface area contributed by atoms with E-state index in [2.05, 4.69) is 9.97 Å². The lowest BCUT2D eigenvalue weighted by molar-refractivity contribution is 1.06. The van der Waals surface area contributed by atoms with Crippen LogP contribution in [0.2, 0.25) is 10.0 Å². The van der Waals surface area contributed by atoms with E-state index < -0.39 is 0 Å². The van der Waals surface area contributed by atoms with Gasteiger partial charge in [-0.3, -0.25) is 9.55 Å². The number of halogens is 2. The van der Waals surface area contributed by atoms with Crippen LogP contribution in [0.1, 0.15) is 0 Å². The van der Waals surface area contributed by atoms with Crippen molar-refractivity contribution in [1.82, 2.24) is 14.5 Å². The Bertz CT molecular complexity index is 767. The van der Waals surface area contributed by atoms with Crippen LogP contribution in [0.4, 0.5) is 5.69 Å². The van der Waals surface area contributed by atoms with Crippen LogP contribution in [0.15, 0.2) is 49.2 Å². The van der Waals surface area contributed by atoms with Gasteiger partial charge < -0.3 is 5.73 Å². The van der Waals surface area contributed by atoms with Crippen LogP contribution in [0.3, 0.4) is 0 Å². The summed E-state index contributed by atoms with van der Waals surface area (Å²) in [6.07, 6.45) is 6.72.